The van der Waals surface area contributed by atoms with Crippen LogP contribution in [0.25, 0.3) is 11.0 Å². The molecule has 0 fully saturated rings. The van der Waals surface area contributed by atoms with Crippen LogP contribution in [0.15, 0.2) is 114 Å². The van der Waals surface area contributed by atoms with Crippen LogP contribution in [0.5, 0.6) is 0 Å². The molecule has 0 aliphatic rings. The molecule has 6 heteroatoms. The highest BCUT2D eigenvalue weighted by Gasteiger charge is 2.40. The van der Waals surface area contributed by atoms with Gasteiger partial charge in [-0.05, 0) is 28.8 Å². The van der Waals surface area contributed by atoms with Crippen LogP contribution < -0.4 is 0 Å². The molecule has 4 aromatic carbocycles. The second-order valence-electron chi connectivity index (χ2n) is 7.74. The lowest BCUT2D eigenvalue weighted by molar-refractivity contribution is -0.138. The maximum Gasteiger partial charge on any atom is 0.417 e. The fourth-order valence-electron chi connectivity index (χ4n) is 4.47. The molecule has 2 nitrogen and oxygen atoms in total. The van der Waals surface area contributed by atoms with Gasteiger partial charge >= 0.3 is 6.18 Å². The van der Waals surface area contributed by atoms with Crippen molar-refractivity contribution in [1.82, 2.24) is 9.55 Å². The molecule has 1 heterocycles. The molecule has 33 heavy (non-hydrogen) atoms. The normalized spacial score (nSPS) is 12.2. The van der Waals surface area contributed by atoms with E-state index in [0.717, 1.165) is 16.7 Å². The van der Waals surface area contributed by atoms with E-state index in [4.69, 9.17) is 0 Å². The largest absolute Gasteiger partial charge is 0.417 e. The number of hydrogen-bond acceptors (Lipinski definition) is 1. The van der Waals surface area contributed by atoms with Crippen molar-refractivity contribution in [2.75, 3.05) is 0 Å². The summed E-state index contributed by atoms with van der Waals surface area (Å²) in [5, 5.41) is 0. The van der Waals surface area contributed by atoms with Gasteiger partial charge in [-0.15, -0.1) is 0 Å². The van der Waals surface area contributed by atoms with Gasteiger partial charge in [-0.1, -0.05) is 107 Å². The first kappa shape index (κ1) is 21.5. The Bertz CT molecular complexity index is 1300. The Labute approximate surface area is 197 Å². The van der Waals surface area contributed by atoms with Crippen molar-refractivity contribution < 1.29 is 13.2 Å². The van der Waals surface area contributed by atoms with Crippen molar-refractivity contribution >= 4 is 27.0 Å². The Morgan fingerprint density at radius 3 is 1.55 bits per heavy atom. The molecule has 0 radical (unpaired) electrons. The van der Waals surface area contributed by atoms with Gasteiger partial charge < -0.3 is 4.57 Å². The third-order valence-electron chi connectivity index (χ3n) is 5.88. The van der Waals surface area contributed by atoms with Crippen LogP contribution in [0.4, 0.5) is 13.2 Å². The summed E-state index contributed by atoms with van der Waals surface area (Å²) >= 11 is 3.08. The lowest BCUT2D eigenvalue weighted by Crippen LogP contribution is -2.37. The van der Waals surface area contributed by atoms with Gasteiger partial charge in [0.1, 0.15) is 5.54 Å². The SMILES string of the molecule is FC(F)(F)c1cc2c(cc1Br)ncn2C(c1ccccc1)(c1ccccc1)c1ccccc1. The maximum absolute atomic E-state index is 13.8. The molecule has 0 saturated carbocycles. The predicted molar refractivity (Wildman–Crippen MR) is 127 cm³/mol. The van der Waals surface area contributed by atoms with Gasteiger partial charge in [-0.25, -0.2) is 4.98 Å². The second-order valence-corrected chi connectivity index (χ2v) is 8.60. The fourth-order valence-corrected chi connectivity index (χ4v) is 5.03. The van der Waals surface area contributed by atoms with E-state index in [0.29, 0.717) is 11.0 Å². The van der Waals surface area contributed by atoms with Crippen molar-refractivity contribution in [1.29, 1.82) is 0 Å². The molecule has 0 bridgehead atoms. The average Bonchev–Trinajstić information content (AvgIpc) is 3.23. The lowest BCUT2D eigenvalue weighted by atomic mass is 9.76. The molecule has 5 aromatic rings. The monoisotopic (exact) mass is 506 g/mol. The summed E-state index contributed by atoms with van der Waals surface area (Å²) < 4.78 is 43.3. The summed E-state index contributed by atoms with van der Waals surface area (Å²) in [6.45, 7) is 0. The van der Waals surface area contributed by atoms with E-state index in [-0.39, 0.29) is 4.47 Å². The zero-order valence-electron chi connectivity index (χ0n) is 17.3. The Morgan fingerprint density at radius 1 is 0.667 bits per heavy atom. The van der Waals surface area contributed by atoms with Crippen LogP contribution in [0.3, 0.4) is 0 Å². The van der Waals surface area contributed by atoms with Crippen molar-refractivity contribution in [3.05, 3.63) is 136 Å². The van der Waals surface area contributed by atoms with Gasteiger partial charge in [-0.2, -0.15) is 13.2 Å². The van der Waals surface area contributed by atoms with Crippen LogP contribution in [0, 0.1) is 0 Å². The lowest BCUT2D eigenvalue weighted by Gasteiger charge is -2.38. The molecule has 0 saturated heterocycles. The van der Waals surface area contributed by atoms with Crippen LogP contribution in [-0.2, 0) is 11.7 Å². The zero-order chi connectivity index (χ0) is 23.1. The van der Waals surface area contributed by atoms with Crippen LogP contribution in [0.2, 0.25) is 0 Å². The highest BCUT2D eigenvalue weighted by molar-refractivity contribution is 9.10. The summed E-state index contributed by atoms with van der Waals surface area (Å²) in [6.07, 6.45) is -2.87. The molecular formula is C27H18BrF3N2. The minimum Gasteiger partial charge on any atom is -0.312 e. The van der Waals surface area contributed by atoms with E-state index >= 15 is 0 Å². The summed E-state index contributed by atoms with van der Waals surface area (Å²) in [5.41, 5.74) is 1.94. The Hall–Kier alpha value is -3.38. The Balaban J connectivity index is 1.95. The van der Waals surface area contributed by atoms with Crippen LogP contribution in [-0.4, -0.2) is 9.55 Å². The predicted octanol–water partition coefficient (Wildman–Crippen LogP) is 7.66. The molecule has 0 amide bonds. The minimum absolute atomic E-state index is 0.0301. The van der Waals surface area contributed by atoms with Crippen LogP contribution >= 0.6 is 15.9 Å². The first-order valence-electron chi connectivity index (χ1n) is 10.3. The van der Waals surface area contributed by atoms with Crippen LogP contribution in [0.1, 0.15) is 22.3 Å². The quantitative estimate of drug-likeness (QED) is 0.229. The van der Waals surface area contributed by atoms with Gasteiger partial charge in [0, 0.05) is 4.47 Å². The average molecular weight is 507 g/mol. The summed E-state index contributed by atoms with van der Waals surface area (Å²) in [6, 6.07) is 32.0. The molecule has 0 spiro atoms. The highest BCUT2D eigenvalue weighted by Crippen LogP contribution is 2.44. The molecule has 1 aromatic heterocycles. The number of rotatable bonds is 4. The fraction of sp³-hybridized carbons (Fsp3) is 0.0741. The molecule has 0 unspecified atom stereocenters. The van der Waals surface area contributed by atoms with E-state index in [9.17, 15) is 13.2 Å². The molecule has 0 N–H and O–H groups in total. The number of benzene rings is 4. The Morgan fingerprint density at radius 2 is 1.12 bits per heavy atom. The number of alkyl halides is 3. The third kappa shape index (κ3) is 3.55. The van der Waals surface area contributed by atoms with E-state index in [1.807, 2.05) is 95.6 Å². The first-order valence-corrected chi connectivity index (χ1v) is 11.1. The smallest absolute Gasteiger partial charge is 0.312 e. The number of nitrogens with zero attached hydrogens (tertiary/aromatic N) is 2. The number of fused-ring (bicyclic) bond motifs is 1. The number of imidazole rings is 1. The zero-order valence-corrected chi connectivity index (χ0v) is 18.9. The van der Waals surface area contributed by atoms with Crippen molar-refractivity contribution in [3.8, 4) is 0 Å². The minimum atomic E-state index is -4.50. The first-order chi connectivity index (χ1) is 15.9. The Kier molecular flexibility index (Phi) is 5.33. The topological polar surface area (TPSA) is 17.8 Å². The third-order valence-corrected chi connectivity index (χ3v) is 6.53. The number of aromatic nitrogens is 2. The van der Waals surface area contributed by atoms with Crippen molar-refractivity contribution in [2.45, 2.75) is 11.7 Å². The molecule has 0 atom stereocenters. The van der Waals surface area contributed by atoms with E-state index in [1.54, 1.807) is 6.33 Å². The van der Waals surface area contributed by atoms with Gasteiger partial charge in [0.25, 0.3) is 0 Å². The van der Waals surface area contributed by atoms with Gasteiger partial charge in [0.15, 0.2) is 0 Å². The summed E-state index contributed by atoms with van der Waals surface area (Å²) in [5.74, 6) is 0. The maximum atomic E-state index is 13.8. The van der Waals surface area contributed by atoms with E-state index in [2.05, 4.69) is 20.9 Å². The van der Waals surface area contributed by atoms with Crippen molar-refractivity contribution in [3.63, 3.8) is 0 Å². The summed E-state index contributed by atoms with van der Waals surface area (Å²) in [7, 11) is 0. The standard InChI is InChI=1S/C27H18BrF3N2/c28-23-17-24-25(16-22(23)27(29,30)31)33(18-32-24)26(19-10-4-1-5-11-19,20-12-6-2-7-13-20)21-14-8-3-9-15-21/h1-18H. The second kappa shape index (κ2) is 8.19. The van der Waals surface area contributed by atoms with Gasteiger partial charge in [0.05, 0.1) is 22.9 Å². The van der Waals surface area contributed by atoms with E-state index < -0.39 is 17.3 Å². The molecule has 5 rings (SSSR count). The number of halogens is 4. The highest BCUT2D eigenvalue weighted by atomic mass is 79.9. The van der Waals surface area contributed by atoms with E-state index in [1.165, 1.54) is 12.1 Å². The molecule has 164 valence electrons. The molecular weight excluding hydrogens is 489 g/mol. The van der Waals surface area contributed by atoms with Gasteiger partial charge in [-0.3, -0.25) is 0 Å². The van der Waals surface area contributed by atoms with Crippen molar-refractivity contribution in [2.24, 2.45) is 0 Å². The molecule has 0 aliphatic carbocycles. The molecule has 0 aliphatic heterocycles. The summed E-state index contributed by atoms with van der Waals surface area (Å²) in [4.78, 5) is 4.51. The van der Waals surface area contributed by atoms with Gasteiger partial charge in [0.2, 0.25) is 0 Å². The number of hydrogen-bond donors (Lipinski definition) is 0.